The molecule has 0 fully saturated rings. The second-order valence-corrected chi connectivity index (χ2v) is 6.00. The van der Waals surface area contributed by atoms with Crippen LogP contribution in [0.15, 0.2) is 12.1 Å². The molecule has 1 unspecified atom stereocenters. The number of phenolic OH excluding ortho intramolecular Hbond substituents is 1. The van der Waals surface area contributed by atoms with Crippen molar-refractivity contribution in [2.75, 3.05) is 13.7 Å². The Bertz CT molecular complexity index is 506. The number of rotatable bonds is 5. The van der Waals surface area contributed by atoms with Crippen molar-refractivity contribution in [3.8, 4) is 11.5 Å². The van der Waals surface area contributed by atoms with E-state index in [0.717, 1.165) is 5.56 Å². The van der Waals surface area contributed by atoms with Crippen molar-refractivity contribution in [3.63, 3.8) is 0 Å². The quantitative estimate of drug-likeness (QED) is 0.813. The van der Waals surface area contributed by atoms with Gasteiger partial charge in [0, 0.05) is 12.0 Å². The van der Waals surface area contributed by atoms with Crippen LogP contribution in [0.5, 0.6) is 11.5 Å². The normalized spacial score (nSPS) is 12.9. The van der Waals surface area contributed by atoms with Crippen LogP contribution in [0.3, 0.4) is 0 Å². The third kappa shape index (κ3) is 4.36. The van der Waals surface area contributed by atoms with Gasteiger partial charge in [-0.05, 0) is 24.0 Å². The Balaban J connectivity index is 3.13. The minimum absolute atomic E-state index is 0.0187. The molecule has 0 heterocycles. The van der Waals surface area contributed by atoms with Crippen molar-refractivity contribution in [1.29, 1.82) is 0 Å². The molecule has 21 heavy (non-hydrogen) atoms. The third-order valence-corrected chi connectivity index (χ3v) is 3.27. The molecule has 1 atom stereocenters. The zero-order valence-electron chi connectivity index (χ0n) is 13.4. The first-order valence-corrected chi connectivity index (χ1v) is 7.03. The van der Waals surface area contributed by atoms with E-state index in [0.29, 0.717) is 11.3 Å². The summed E-state index contributed by atoms with van der Waals surface area (Å²) in [6.45, 7) is 8.20. The minimum Gasteiger partial charge on any atom is -0.504 e. The molecule has 0 spiro atoms. The summed E-state index contributed by atoms with van der Waals surface area (Å²) in [5.41, 5.74) is 7.31. The highest BCUT2D eigenvalue weighted by molar-refractivity contribution is 5.76. The smallest absolute Gasteiger partial charge is 0.323 e. The summed E-state index contributed by atoms with van der Waals surface area (Å²) in [5, 5.41) is 10.2. The molecule has 0 saturated carbocycles. The number of ether oxygens (including phenoxy) is 2. The fourth-order valence-corrected chi connectivity index (χ4v) is 1.98. The molecule has 0 aliphatic rings. The van der Waals surface area contributed by atoms with E-state index in [2.05, 4.69) is 20.8 Å². The molecule has 1 aromatic rings. The summed E-state index contributed by atoms with van der Waals surface area (Å²) >= 11 is 0. The molecule has 0 aliphatic heterocycles. The van der Waals surface area contributed by atoms with E-state index in [-0.39, 0.29) is 24.2 Å². The molecule has 3 N–H and O–H groups in total. The molecule has 0 aliphatic carbocycles. The summed E-state index contributed by atoms with van der Waals surface area (Å²) in [5.74, 6) is -0.0734. The molecular formula is C16H25NO4. The van der Waals surface area contributed by atoms with Crippen LogP contribution in [0, 0.1) is 0 Å². The van der Waals surface area contributed by atoms with Gasteiger partial charge in [-0.2, -0.15) is 0 Å². The molecule has 1 aromatic carbocycles. The second kappa shape index (κ2) is 6.80. The van der Waals surface area contributed by atoms with Crippen molar-refractivity contribution >= 4 is 5.97 Å². The third-order valence-electron chi connectivity index (χ3n) is 3.27. The van der Waals surface area contributed by atoms with E-state index in [1.165, 1.54) is 7.11 Å². The van der Waals surface area contributed by atoms with E-state index in [1.54, 1.807) is 13.0 Å². The molecule has 1 rings (SSSR count). The van der Waals surface area contributed by atoms with Gasteiger partial charge < -0.3 is 20.3 Å². The molecule has 5 heteroatoms. The monoisotopic (exact) mass is 295 g/mol. The van der Waals surface area contributed by atoms with Gasteiger partial charge in [-0.25, -0.2) is 0 Å². The number of carbonyl (C=O) groups is 1. The maximum absolute atomic E-state index is 11.6. The van der Waals surface area contributed by atoms with Crippen LogP contribution in [0.2, 0.25) is 0 Å². The van der Waals surface area contributed by atoms with Crippen molar-refractivity contribution in [3.05, 3.63) is 23.3 Å². The van der Waals surface area contributed by atoms with E-state index >= 15 is 0 Å². The minimum atomic E-state index is -0.809. The molecule has 5 nitrogen and oxygen atoms in total. The number of benzene rings is 1. The Labute approximate surface area is 126 Å². The lowest BCUT2D eigenvalue weighted by molar-refractivity contribution is -0.144. The van der Waals surface area contributed by atoms with Crippen molar-refractivity contribution in [2.24, 2.45) is 5.73 Å². The second-order valence-electron chi connectivity index (χ2n) is 6.00. The van der Waals surface area contributed by atoms with Crippen molar-refractivity contribution in [1.82, 2.24) is 0 Å². The van der Waals surface area contributed by atoms with E-state index < -0.39 is 12.0 Å². The summed E-state index contributed by atoms with van der Waals surface area (Å²) in [7, 11) is 1.50. The zero-order valence-corrected chi connectivity index (χ0v) is 13.4. The first-order chi connectivity index (χ1) is 9.70. The average Bonchev–Trinajstić information content (AvgIpc) is 2.39. The first-order valence-electron chi connectivity index (χ1n) is 7.03. The Morgan fingerprint density at radius 2 is 2.00 bits per heavy atom. The van der Waals surface area contributed by atoms with Crippen LogP contribution in [0.4, 0.5) is 0 Å². The average molecular weight is 295 g/mol. The zero-order chi connectivity index (χ0) is 16.2. The van der Waals surface area contributed by atoms with Gasteiger partial charge in [-0.15, -0.1) is 0 Å². The van der Waals surface area contributed by atoms with Gasteiger partial charge in [0.05, 0.1) is 13.7 Å². The van der Waals surface area contributed by atoms with E-state index in [4.69, 9.17) is 15.2 Å². The van der Waals surface area contributed by atoms with Gasteiger partial charge in [0.1, 0.15) is 6.04 Å². The summed E-state index contributed by atoms with van der Waals surface area (Å²) in [6.07, 6.45) is 0.199. The number of aromatic hydroxyl groups is 1. The Morgan fingerprint density at radius 3 is 2.48 bits per heavy atom. The Kier molecular flexibility index (Phi) is 5.61. The highest BCUT2D eigenvalue weighted by Gasteiger charge is 2.22. The molecule has 0 bridgehead atoms. The number of hydrogen-bond donors (Lipinski definition) is 2. The van der Waals surface area contributed by atoms with E-state index in [1.807, 2.05) is 6.07 Å². The van der Waals surface area contributed by atoms with Crippen LogP contribution in [-0.4, -0.2) is 30.8 Å². The first kappa shape index (κ1) is 17.3. The molecule has 0 radical (unpaired) electrons. The van der Waals surface area contributed by atoms with Gasteiger partial charge in [0.15, 0.2) is 11.5 Å². The number of esters is 1. The van der Waals surface area contributed by atoms with E-state index in [9.17, 15) is 9.90 Å². The van der Waals surface area contributed by atoms with Gasteiger partial charge in [0.25, 0.3) is 0 Å². The predicted molar refractivity (Wildman–Crippen MR) is 81.7 cm³/mol. The predicted octanol–water partition coefficient (Wildman–Crippen LogP) is 2.13. The fourth-order valence-electron chi connectivity index (χ4n) is 1.98. The lowest BCUT2D eigenvalue weighted by Crippen LogP contribution is -2.34. The number of methoxy groups -OCH3 is 1. The summed E-state index contributed by atoms with van der Waals surface area (Å²) in [4.78, 5) is 11.6. The lowest BCUT2D eigenvalue weighted by Gasteiger charge is -2.22. The lowest BCUT2D eigenvalue weighted by atomic mass is 9.85. The largest absolute Gasteiger partial charge is 0.504 e. The van der Waals surface area contributed by atoms with Crippen LogP contribution < -0.4 is 10.5 Å². The summed E-state index contributed by atoms with van der Waals surface area (Å²) < 4.78 is 10.1. The maximum Gasteiger partial charge on any atom is 0.323 e. The molecule has 118 valence electrons. The SMILES string of the molecule is CCOC(=O)C(N)Cc1cc(C(C)(C)C)cc(OC)c1O. The van der Waals surface area contributed by atoms with Gasteiger partial charge >= 0.3 is 5.97 Å². The highest BCUT2D eigenvalue weighted by Crippen LogP contribution is 2.36. The Hall–Kier alpha value is -1.75. The summed E-state index contributed by atoms with van der Waals surface area (Å²) in [6, 6.07) is 2.85. The van der Waals surface area contributed by atoms with Gasteiger partial charge in [-0.1, -0.05) is 26.8 Å². The molecule has 0 aromatic heterocycles. The van der Waals surface area contributed by atoms with Crippen LogP contribution in [-0.2, 0) is 21.4 Å². The van der Waals surface area contributed by atoms with Crippen LogP contribution >= 0.6 is 0 Å². The van der Waals surface area contributed by atoms with Crippen molar-refractivity contribution < 1.29 is 19.4 Å². The fraction of sp³-hybridized carbons (Fsp3) is 0.562. The number of carbonyl (C=O) groups excluding carboxylic acids is 1. The van der Waals surface area contributed by atoms with Gasteiger partial charge in [0.2, 0.25) is 0 Å². The molecular weight excluding hydrogens is 270 g/mol. The van der Waals surface area contributed by atoms with Crippen LogP contribution in [0.25, 0.3) is 0 Å². The molecule has 0 amide bonds. The van der Waals surface area contributed by atoms with Crippen molar-refractivity contribution in [2.45, 2.75) is 45.6 Å². The maximum atomic E-state index is 11.6. The highest BCUT2D eigenvalue weighted by atomic mass is 16.5. The number of phenols is 1. The number of hydrogen-bond acceptors (Lipinski definition) is 5. The van der Waals surface area contributed by atoms with Gasteiger partial charge in [-0.3, -0.25) is 4.79 Å². The Morgan fingerprint density at radius 1 is 1.38 bits per heavy atom. The van der Waals surface area contributed by atoms with Crippen LogP contribution in [0.1, 0.15) is 38.8 Å². The standard InChI is InChI=1S/C16H25NO4/c1-6-21-15(19)12(17)8-10-7-11(16(2,3)4)9-13(20-5)14(10)18/h7,9,12,18H,6,8,17H2,1-5H3. The molecule has 0 saturated heterocycles. The number of nitrogens with two attached hydrogens (primary N) is 1. The topological polar surface area (TPSA) is 81.8 Å².